The van der Waals surface area contributed by atoms with Gasteiger partial charge in [-0.1, -0.05) is 0 Å². The van der Waals surface area contributed by atoms with Crippen LogP contribution in [0.2, 0.25) is 0 Å². The van der Waals surface area contributed by atoms with Crippen molar-refractivity contribution in [3.05, 3.63) is 17.7 Å². The molecule has 114 valence electrons. The zero-order valence-corrected chi connectivity index (χ0v) is 13.3. The number of hydrogen-bond acceptors (Lipinski definition) is 5. The van der Waals surface area contributed by atoms with Gasteiger partial charge >= 0.3 is 0 Å². The summed E-state index contributed by atoms with van der Waals surface area (Å²) in [5, 5.41) is 3.48. The maximum atomic E-state index is 5.35. The molecule has 1 rings (SSSR count). The lowest BCUT2D eigenvalue weighted by Crippen LogP contribution is -2.35. The quantitative estimate of drug-likeness (QED) is 0.787. The number of nitrogens with one attached hydrogen (secondary N) is 1. The van der Waals surface area contributed by atoms with E-state index in [1.807, 2.05) is 12.1 Å². The number of benzene rings is 1. The summed E-state index contributed by atoms with van der Waals surface area (Å²) in [6.45, 7) is 3.91. The number of ether oxygens (including phenoxy) is 3. The molecule has 0 fully saturated rings. The van der Waals surface area contributed by atoms with Gasteiger partial charge in [0.2, 0.25) is 5.75 Å². The Bertz CT molecular complexity index is 397. The molecule has 1 atom stereocenters. The first-order valence-corrected chi connectivity index (χ1v) is 6.68. The Hall–Kier alpha value is -1.46. The topological polar surface area (TPSA) is 43.0 Å². The normalized spacial score (nSPS) is 12.3. The van der Waals surface area contributed by atoms with E-state index < -0.39 is 0 Å². The summed E-state index contributed by atoms with van der Waals surface area (Å²) < 4.78 is 16.0. The Balaban J connectivity index is 2.80. The van der Waals surface area contributed by atoms with Crippen LogP contribution in [0.25, 0.3) is 0 Å². The van der Waals surface area contributed by atoms with Gasteiger partial charge in [0.1, 0.15) is 0 Å². The molecule has 1 unspecified atom stereocenters. The maximum absolute atomic E-state index is 5.35. The molecule has 1 N–H and O–H groups in total. The van der Waals surface area contributed by atoms with E-state index in [9.17, 15) is 0 Å². The number of nitrogens with zero attached hydrogens (tertiary/aromatic N) is 1. The first-order valence-electron chi connectivity index (χ1n) is 6.68. The molecule has 0 bridgehead atoms. The van der Waals surface area contributed by atoms with E-state index in [0.29, 0.717) is 23.3 Å². The zero-order chi connectivity index (χ0) is 15.1. The maximum Gasteiger partial charge on any atom is 0.203 e. The minimum absolute atomic E-state index is 0.407. The highest BCUT2D eigenvalue weighted by atomic mass is 16.5. The van der Waals surface area contributed by atoms with Gasteiger partial charge in [0.05, 0.1) is 21.3 Å². The molecular formula is C15H26N2O3. The fraction of sp³-hybridized carbons (Fsp3) is 0.600. The van der Waals surface area contributed by atoms with Crippen LogP contribution < -0.4 is 19.5 Å². The summed E-state index contributed by atoms with van der Waals surface area (Å²) in [4.78, 5) is 2.16. The SMILES string of the molecule is COc1cc(CNC(C)CN(C)C)cc(OC)c1OC. The lowest BCUT2D eigenvalue weighted by molar-refractivity contribution is 0.322. The Morgan fingerprint density at radius 1 is 1.05 bits per heavy atom. The van der Waals surface area contributed by atoms with Gasteiger partial charge in [-0.15, -0.1) is 0 Å². The summed E-state index contributed by atoms with van der Waals surface area (Å²) in [6, 6.07) is 4.34. The molecule has 5 heteroatoms. The van der Waals surface area contributed by atoms with Gasteiger partial charge < -0.3 is 24.4 Å². The standard InChI is InChI=1S/C15H26N2O3/c1-11(10-17(2)3)16-9-12-7-13(18-4)15(20-6)14(8-12)19-5/h7-8,11,16H,9-10H2,1-6H3. The molecule has 0 spiro atoms. The van der Waals surface area contributed by atoms with Crippen molar-refractivity contribution in [2.24, 2.45) is 0 Å². The van der Waals surface area contributed by atoms with E-state index in [4.69, 9.17) is 14.2 Å². The van der Waals surface area contributed by atoms with Crippen molar-refractivity contribution >= 4 is 0 Å². The summed E-state index contributed by atoms with van der Waals surface area (Å²) in [5.74, 6) is 1.99. The Kier molecular flexibility index (Phi) is 6.61. The molecule has 1 aromatic rings. The third kappa shape index (κ3) is 4.58. The lowest BCUT2D eigenvalue weighted by Gasteiger charge is -2.19. The molecule has 0 saturated heterocycles. The molecule has 0 aliphatic carbocycles. The van der Waals surface area contributed by atoms with Crippen molar-refractivity contribution in [1.29, 1.82) is 0 Å². The molecule has 0 aliphatic heterocycles. The van der Waals surface area contributed by atoms with Crippen LogP contribution in [0.15, 0.2) is 12.1 Å². The van der Waals surface area contributed by atoms with E-state index in [2.05, 4.69) is 31.2 Å². The Morgan fingerprint density at radius 3 is 2.00 bits per heavy atom. The third-order valence-corrected chi connectivity index (χ3v) is 3.02. The summed E-state index contributed by atoms with van der Waals surface area (Å²) >= 11 is 0. The van der Waals surface area contributed by atoms with Crippen LogP contribution in [0.5, 0.6) is 17.2 Å². The van der Waals surface area contributed by atoms with E-state index in [-0.39, 0.29) is 0 Å². The second-order valence-electron chi connectivity index (χ2n) is 5.08. The highest BCUT2D eigenvalue weighted by Crippen LogP contribution is 2.38. The number of hydrogen-bond donors (Lipinski definition) is 1. The highest BCUT2D eigenvalue weighted by molar-refractivity contribution is 5.53. The number of methoxy groups -OCH3 is 3. The molecule has 5 nitrogen and oxygen atoms in total. The molecule has 0 heterocycles. The van der Waals surface area contributed by atoms with Gasteiger partial charge in [-0.05, 0) is 38.7 Å². The molecule has 0 aromatic heterocycles. The van der Waals surface area contributed by atoms with Crippen molar-refractivity contribution in [3.63, 3.8) is 0 Å². The monoisotopic (exact) mass is 282 g/mol. The Labute approximate surface area is 121 Å². The fourth-order valence-electron chi connectivity index (χ4n) is 2.14. The molecule has 0 amide bonds. The summed E-state index contributed by atoms with van der Waals surface area (Å²) in [6.07, 6.45) is 0. The second kappa shape index (κ2) is 7.97. The van der Waals surface area contributed by atoms with Crippen molar-refractivity contribution in [2.75, 3.05) is 42.0 Å². The smallest absolute Gasteiger partial charge is 0.203 e. The van der Waals surface area contributed by atoms with Gasteiger partial charge in [0.25, 0.3) is 0 Å². The first kappa shape index (κ1) is 16.6. The van der Waals surface area contributed by atoms with E-state index in [1.165, 1.54) is 0 Å². The average Bonchev–Trinajstić information content (AvgIpc) is 2.42. The number of likely N-dealkylation sites (N-methyl/N-ethyl adjacent to an activating group) is 1. The Morgan fingerprint density at radius 2 is 1.60 bits per heavy atom. The summed E-state index contributed by atoms with van der Waals surface area (Å²) in [7, 11) is 9.00. The first-order chi connectivity index (χ1) is 9.51. The average molecular weight is 282 g/mol. The molecule has 0 aliphatic rings. The zero-order valence-electron chi connectivity index (χ0n) is 13.3. The summed E-state index contributed by atoms with van der Waals surface area (Å²) in [5.41, 5.74) is 1.10. The fourth-order valence-corrected chi connectivity index (χ4v) is 2.14. The molecular weight excluding hydrogens is 256 g/mol. The van der Waals surface area contributed by atoms with Crippen molar-refractivity contribution in [2.45, 2.75) is 19.5 Å². The van der Waals surface area contributed by atoms with Gasteiger partial charge in [-0.3, -0.25) is 0 Å². The lowest BCUT2D eigenvalue weighted by atomic mass is 10.1. The van der Waals surface area contributed by atoms with Gasteiger partial charge in [-0.2, -0.15) is 0 Å². The van der Waals surface area contributed by atoms with Crippen LogP contribution in [-0.2, 0) is 6.54 Å². The predicted octanol–water partition coefficient (Wildman–Crippen LogP) is 1.75. The van der Waals surface area contributed by atoms with E-state index >= 15 is 0 Å². The van der Waals surface area contributed by atoms with Gasteiger partial charge in [0, 0.05) is 19.1 Å². The largest absolute Gasteiger partial charge is 0.493 e. The molecule has 0 radical (unpaired) electrons. The molecule has 20 heavy (non-hydrogen) atoms. The van der Waals surface area contributed by atoms with Crippen molar-refractivity contribution in [3.8, 4) is 17.2 Å². The molecule has 0 saturated carbocycles. The minimum Gasteiger partial charge on any atom is -0.493 e. The van der Waals surface area contributed by atoms with E-state index in [0.717, 1.165) is 18.7 Å². The highest BCUT2D eigenvalue weighted by Gasteiger charge is 2.13. The van der Waals surface area contributed by atoms with Crippen LogP contribution in [-0.4, -0.2) is 52.9 Å². The van der Waals surface area contributed by atoms with Crippen molar-refractivity contribution in [1.82, 2.24) is 10.2 Å². The third-order valence-electron chi connectivity index (χ3n) is 3.02. The van der Waals surface area contributed by atoms with Crippen LogP contribution in [0.3, 0.4) is 0 Å². The van der Waals surface area contributed by atoms with Crippen LogP contribution in [0.4, 0.5) is 0 Å². The minimum atomic E-state index is 0.407. The van der Waals surface area contributed by atoms with Crippen molar-refractivity contribution < 1.29 is 14.2 Å². The van der Waals surface area contributed by atoms with Gasteiger partial charge in [-0.25, -0.2) is 0 Å². The van der Waals surface area contributed by atoms with Crippen LogP contribution >= 0.6 is 0 Å². The van der Waals surface area contributed by atoms with Crippen LogP contribution in [0, 0.1) is 0 Å². The van der Waals surface area contributed by atoms with E-state index in [1.54, 1.807) is 21.3 Å². The van der Waals surface area contributed by atoms with Gasteiger partial charge in [0.15, 0.2) is 11.5 Å². The second-order valence-corrected chi connectivity index (χ2v) is 5.08. The molecule has 1 aromatic carbocycles. The predicted molar refractivity (Wildman–Crippen MR) is 81.0 cm³/mol. The van der Waals surface area contributed by atoms with Crippen LogP contribution in [0.1, 0.15) is 12.5 Å². The number of rotatable bonds is 8.